The van der Waals surface area contributed by atoms with Crippen LogP contribution in [0.25, 0.3) is 0 Å². The number of piperazine rings is 1. The number of halogens is 3. The van der Waals surface area contributed by atoms with Gasteiger partial charge in [0.25, 0.3) is 5.91 Å². The van der Waals surface area contributed by atoms with Gasteiger partial charge >= 0.3 is 6.18 Å². The summed E-state index contributed by atoms with van der Waals surface area (Å²) in [5.74, 6) is -0.488. The normalized spacial score (nSPS) is 19.8. The molecule has 2 aliphatic rings. The smallest absolute Gasteiger partial charge is 0.389 e. The molecule has 13 heteroatoms. The number of anilines is 1. The van der Waals surface area contributed by atoms with Gasteiger partial charge in [-0.3, -0.25) is 10.0 Å². The lowest BCUT2D eigenvalue weighted by Crippen LogP contribution is -2.62. The van der Waals surface area contributed by atoms with E-state index in [1.54, 1.807) is 24.3 Å². The molecule has 2 fully saturated rings. The predicted molar refractivity (Wildman–Crippen MR) is 113 cm³/mol. The van der Waals surface area contributed by atoms with Crippen molar-refractivity contribution in [2.75, 3.05) is 50.9 Å². The van der Waals surface area contributed by atoms with E-state index in [-0.39, 0.29) is 52.2 Å². The fourth-order valence-corrected chi connectivity index (χ4v) is 6.16. The van der Waals surface area contributed by atoms with Gasteiger partial charge in [-0.2, -0.15) is 17.5 Å². The summed E-state index contributed by atoms with van der Waals surface area (Å²) < 4.78 is 73.3. The van der Waals surface area contributed by atoms with Gasteiger partial charge in [0.15, 0.2) is 4.75 Å². The molecule has 2 aliphatic heterocycles. The molecule has 33 heavy (non-hydrogen) atoms. The number of carbonyl (C=O) groups excluding carboxylic acids is 1. The Morgan fingerprint density at radius 2 is 1.73 bits per heavy atom. The third-order valence-corrected chi connectivity index (χ3v) is 8.59. The van der Waals surface area contributed by atoms with Crippen molar-refractivity contribution in [2.45, 2.75) is 36.6 Å². The Balaban J connectivity index is 1.57. The quantitative estimate of drug-likeness (QED) is 0.322. The number of hydrogen-bond donors (Lipinski definition) is 2. The Morgan fingerprint density at radius 1 is 1.12 bits per heavy atom. The number of sulfonamides is 1. The molecule has 2 saturated heterocycles. The van der Waals surface area contributed by atoms with Crippen LogP contribution in [-0.2, 0) is 19.6 Å². The van der Waals surface area contributed by atoms with Crippen molar-refractivity contribution in [1.29, 1.82) is 0 Å². The first-order valence-electron chi connectivity index (χ1n) is 10.7. The van der Waals surface area contributed by atoms with Gasteiger partial charge in [0.05, 0.1) is 6.61 Å². The van der Waals surface area contributed by atoms with Gasteiger partial charge in [0.2, 0.25) is 10.0 Å². The molecule has 0 bridgehead atoms. The van der Waals surface area contributed by atoms with E-state index >= 15 is 0 Å². The monoisotopic (exact) mass is 495 g/mol. The Labute approximate surface area is 190 Å². The van der Waals surface area contributed by atoms with E-state index in [1.165, 1.54) is 9.79 Å². The molecule has 2 heterocycles. The molecule has 0 spiro atoms. The molecule has 0 aromatic heterocycles. The van der Waals surface area contributed by atoms with Crippen molar-refractivity contribution in [1.82, 2.24) is 9.79 Å². The summed E-state index contributed by atoms with van der Waals surface area (Å²) in [5, 5.41) is 9.14. The van der Waals surface area contributed by atoms with Crippen molar-refractivity contribution in [3.8, 4) is 5.75 Å². The van der Waals surface area contributed by atoms with Gasteiger partial charge in [-0.1, -0.05) is 0 Å². The van der Waals surface area contributed by atoms with Crippen LogP contribution in [0, 0.1) is 0 Å². The number of ether oxygens (including phenoxy) is 2. The molecular formula is C20H28F3N3O6S. The first-order chi connectivity index (χ1) is 15.6. The van der Waals surface area contributed by atoms with Gasteiger partial charge in [-0.25, -0.2) is 13.9 Å². The molecule has 1 amide bonds. The summed E-state index contributed by atoms with van der Waals surface area (Å²) in [4.78, 5) is 14.3. The number of amides is 1. The van der Waals surface area contributed by atoms with Crippen LogP contribution in [0.15, 0.2) is 24.3 Å². The second-order valence-corrected chi connectivity index (χ2v) is 10.2. The van der Waals surface area contributed by atoms with Crippen molar-refractivity contribution in [3.63, 3.8) is 0 Å². The molecule has 0 radical (unpaired) electrons. The van der Waals surface area contributed by atoms with E-state index in [0.717, 1.165) is 5.69 Å². The minimum atomic E-state index is -4.20. The average Bonchev–Trinajstić information content (AvgIpc) is 2.81. The number of nitrogens with one attached hydrogen (secondary N) is 1. The van der Waals surface area contributed by atoms with Crippen LogP contribution in [0.5, 0.6) is 5.75 Å². The Hall–Kier alpha value is -2.09. The largest absolute Gasteiger partial charge is 0.494 e. The van der Waals surface area contributed by atoms with E-state index < -0.39 is 33.3 Å². The number of rotatable bonds is 8. The Morgan fingerprint density at radius 3 is 2.27 bits per heavy atom. The van der Waals surface area contributed by atoms with Crippen LogP contribution in [-0.4, -0.2) is 80.8 Å². The Bertz CT molecular complexity index is 897. The lowest BCUT2D eigenvalue weighted by atomic mass is 9.98. The summed E-state index contributed by atoms with van der Waals surface area (Å²) in [6, 6.07) is 6.86. The number of benzene rings is 1. The van der Waals surface area contributed by atoms with Crippen LogP contribution in [0.1, 0.15) is 25.7 Å². The topological polar surface area (TPSA) is 108 Å². The van der Waals surface area contributed by atoms with Crippen molar-refractivity contribution >= 4 is 21.6 Å². The van der Waals surface area contributed by atoms with Gasteiger partial charge in [0, 0.05) is 64.3 Å². The highest BCUT2D eigenvalue weighted by Crippen LogP contribution is 2.34. The average molecular weight is 496 g/mol. The van der Waals surface area contributed by atoms with Crippen LogP contribution >= 0.6 is 0 Å². The zero-order valence-electron chi connectivity index (χ0n) is 18.0. The third kappa shape index (κ3) is 5.89. The van der Waals surface area contributed by atoms with Crippen molar-refractivity contribution in [3.05, 3.63) is 24.3 Å². The number of hydroxylamine groups is 1. The standard InChI is InChI=1S/C20H28F3N3O6S/c21-20(22,23)6-1-13-32-17-4-2-16(3-5-17)25-9-11-26(12-10-25)33(29,30)19(18(27)24-28)7-14-31-15-8-19/h2-5,28H,1,6-15H2,(H,24,27). The van der Waals surface area contributed by atoms with Gasteiger partial charge in [-0.05, 0) is 30.7 Å². The van der Waals surface area contributed by atoms with Crippen LogP contribution in [0.4, 0.5) is 18.9 Å². The van der Waals surface area contributed by atoms with Crippen LogP contribution in [0.3, 0.4) is 0 Å². The Kier molecular flexibility index (Phi) is 8.08. The van der Waals surface area contributed by atoms with E-state index in [4.69, 9.17) is 14.7 Å². The van der Waals surface area contributed by atoms with Crippen molar-refractivity contribution in [2.24, 2.45) is 0 Å². The van der Waals surface area contributed by atoms with Gasteiger partial charge in [0.1, 0.15) is 5.75 Å². The summed E-state index contributed by atoms with van der Waals surface area (Å²) in [6.45, 7) is 1.29. The van der Waals surface area contributed by atoms with E-state index in [2.05, 4.69) is 0 Å². The highest BCUT2D eigenvalue weighted by molar-refractivity contribution is 7.91. The maximum Gasteiger partial charge on any atom is 0.389 e. The second-order valence-electron chi connectivity index (χ2n) is 8.00. The predicted octanol–water partition coefficient (Wildman–Crippen LogP) is 1.91. The summed E-state index contributed by atoms with van der Waals surface area (Å²) >= 11 is 0. The van der Waals surface area contributed by atoms with E-state index in [9.17, 15) is 26.4 Å². The zero-order chi connectivity index (χ0) is 24.1. The summed E-state index contributed by atoms with van der Waals surface area (Å²) in [7, 11) is -4.04. The lowest BCUT2D eigenvalue weighted by Gasteiger charge is -2.42. The fraction of sp³-hybridized carbons (Fsp3) is 0.650. The molecule has 0 atom stereocenters. The highest BCUT2D eigenvalue weighted by atomic mass is 32.2. The first kappa shape index (κ1) is 25.5. The zero-order valence-corrected chi connectivity index (χ0v) is 18.8. The van der Waals surface area contributed by atoms with Gasteiger partial charge < -0.3 is 14.4 Å². The molecule has 3 rings (SSSR count). The first-order valence-corrected chi connectivity index (χ1v) is 12.1. The van der Waals surface area contributed by atoms with Crippen LogP contribution < -0.4 is 15.1 Å². The molecule has 9 nitrogen and oxygen atoms in total. The third-order valence-electron chi connectivity index (χ3n) is 5.96. The maximum absolute atomic E-state index is 13.3. The summed E-state index contributed by atoms with van der Waals surface area (Å²) in [5.41, 5.74) is 2.33. The molecule has 0 aliphatic carbocycles. The maximum atomic E-state index is 13.3. The van der Waals surface area contributed by atoms with Crippen LogP contribution in [0.2, 0.25) is 0 Å². The van der Waals surface area contributed by atoms with E-state index in [1.807, 2.05) is 4.90 Å². The number of carbonyl (C=O) groups is 1. The molecule has 0 unspecified atom stereocenters. The highest BCUT2D eigenvalue weighted by Gasteiger charge is 2.54. The second kappa shape index (κ2) is 10.5. The molecule has 186 valence electrons. The number of hydrogen-bond acceptors (Lipinski definition) is 7. The minimum Gasteiger partial charge on any atom is -0.494 e. The fourth-order valence-electron chi connectivity index (χ4n) is 4.05. The molecule has 2 N–H and O–H groups in total. The lowest BCUT2D eigenvalue weighted by molar-refractivity contribution is -0.136. The summed E-state index contributed by atoms with van der Waals surface area (Å²) in [6.07, 6.45) is -5.29. The molecular weight excluding hydrogens is 467 g/mol. The SMILES string of the molecule is O=C(NO)C1(S(=O)(=O)N2CCN(c3ccc(OCCCC(F)(F)F)cc3)CC2)CCOCC1. The molecule has 0 saturated carbocycles. The number of nitrogens with zero attached hydrogens (tertiary/aromatic N) is 2. The molecule has 1 aromatic carbocycles. The van der Waals surface area contributed by atoms with E-state index in [0.29, 0.717) is 18.8 Å². The van der Waals surface area contributed by atoms with Gasteiger partial charge in [-0.15, -0.1) is 0 Å². The van der Waals surface area contributed by atoms with Crippen molar-refractivity contribution < 1.29 is 41.1 Å². The molecule has 1 aromatic rings. The number of alkyl halides is 3. The minimum absolute atomic E-state index is 0.0353.